The van der Waals surface area contributed by atoms with E-state index < -0.39 is 81.5 Å². The number of nitrogens with two attached hydrogens (primary N) is 1. The molecule has 59 heavy (non-hydrogen) atoms. The Morgan fingerprint density at radius 2 is 1.05 bits per heavy atom. The third-order valence-corrected chi connectivity index (χ3v) is 8.59. The highest BCUT2D eigenvalue weighted by molar-refractivity contribution is 6.02. The monoisotopic (exact) mass is 839 g/mol. The average Bonchev–Trinajstić information content (AvgIpc) is 3.15. The van der Waals surface area contributed by atoms with E-state index in [0.717, 1.165) is 18.2 Å². The Hall–Kier alpha value is -6.33. The SMILES string of the molecule is CC(N)=NC(=O)C(Cc1ccc(-c2cc(C(F)(F)F)cc(C(F)(F)F)c2)cc1)NC(=O)c1cc(-c2cc(C(F)(F)F)cc(C(F)(F)F)c2)ccc1OCc1ccccc1. The van der Waals surface area contributed by atoms with Gasteiger partial charge in [0.05, 0.1) is 33.7 Å². The van der Waals surface area contributed by atoms with E-state index in [0.29, 0.717) is 29.8 Å². The number of rotatable bonds is 10. The van der Waals surface area contributed by atoms with Crippen molar-refractivity contribution in [3.05, 3.63) is 148 Å². The molecule has 0 aliphatic carbocycles. The number of alkyl halides is 12. The Morgan fingerprint density at radius 3 is 1.51 bits per heavy atom. The van der Waals surface area contributed by atoms with Crippen molar-refractivity contribution in [3.63, 3.8) is 0 Å². The van der Waals surface area contributed by atoms with Crippen molar-refractivity contribution < 1.29 is 67.0 Å². The Balaban J connectivity index is 1.53. The molecule has 0 fully saturated rings. The minimum absolute atomic E-state index is 0.0239. The van der Waals surface area contributed by atoms with Crippen LogP contribution in [0.25, 0.3) is 22.3 Å². The van der Waals surface area contributed by atoms with Crippen LogP contribution in [0.15, 0.2) is 114 Å². The number of hydrogen-bond donors (Lipinski definition) is 2. The molecule has 1 atom stereocenters. The number of amidine groups is 1. The molecule has 2 amide bonds. The van der Waals surface area contributed by atoms with Gasteiger partial charge in [-0.25, -0.2) is 0 Å². The van der Waals surface area contributed by atoms with Crippen LogP contribution in [0.2, 0.25) is 0 Å². The van der Waals surface area contributed by atoms with Gasteiger partial charge in [0.2, 0.25) is 0 Å². The number of nitrogens with zero attached hydrogens (tertiary/aromatic N) is 1. The molecule has 6 nitrogen and oxygen atoms in total. The molecule has 0 saturated heterocycles. The molecule has 0 aliphatic rings. The van der Waals surface area contributed by atoms with E-state index in [1.54, 1.807) is 30.3 Å². The molecule has 0 saturated carbocycles. The van der Waals surface area contributed by atoms with Crippen LogP contribution < -0.4 is 15.8 Å². The summed E-state index contributed by atoms with van der Waals surface area (Å²) in [5, 5.41) is 2.43. The van der Waals surface area contributed by atoms with E-state index in [4.69, 9.17) is 10.5 Å². The van der Waals surface area contributed by atoms with Crippen LogP contribution in [0.5, 0.6) is 5.75 Å². The van der Waals surface area contributed by atoms with Crippen molar-refractivity contribution in [2.45, 2.75) is 50.7 Å². The number of hydrogen-bond acceptors (Lipinski definition) is 3. The maximum Gasteiger partial charge on any atom is 0.416 e. The lowest BCUT2D eigenvalue weighted by molar-refractivity contribution is -0.144. The highest BCUT2D eigenvalue weighted by Crippen LogP contribution is 2.41. The number of halogens is 12. The van der Waals surface area contributed by atoms with E-state index in [2.05, 4.69) is 10.3 Å². The van der Waals surface area contributed by atoms with Gasteiger partial charge in [-0.15, -0.1) is 0 Å². The summed E-state index contributed by atoms with van der Waals surface area (Å²) in [6.45, 7) is 1.10. The summed E-state index contributed by atoms with van der Waals surface area (Å²) < 4.78 is 169. The molecule has 310 valence electrons. The largest absolute Gasteiger partial charge is 0.488 e. The number of benzene rings is 5. The molecule has 5 rings (SSSR count). The van der Waals surface area contributed by atoms with Crippen LogP contribution >= 0.6 is 0 Å². The summed E-state index contributed by atoms with van der Waals surface area (Å²) in [5.74, 6) is -2.55. The first kappa shape index (κ1) is 43.8. The van der Waals surface area contributed by atoms with Gasteiger partial charge in [-0.3, -0.25) is 9.59 Å². The van der Waals surface area contributed by atoms with Gasteiger partial charge in [0.25, 0.3) is 11.8 Å². The first-order valence-corrected chi connectivity index (χ1v) is 17.0. The zero-order valence-corrected chi connectivity index (χ0v) is 30.2. The second-order valence-corrected chi connectivity index (χ2v) is 13.1. The predicted octanol–water partition coefficient (Wildman–Crippen LogP) is 10.9. The zero-order valence-electron chi connectivity index (χ0n) is 30.2. The van der Waals surface area contributed by atoms with Crippen molar-refractivity contribution in [2.24, 2.45) is 10.7 Å². The smallest absolute Gasteiger partial charge is 0.416 e. The topological polar surface area (TPSA) is 93.8 Å². The van der Waals surface area contributed by atoms with Crippen LogP contribution in [-0.2, 0) is 42.5 Å². The quantitative estimate of drug-likeness (QED) is 0.0832. The molecule has 5 aromatic carbocycles. The summed E-state index contributed by atoms with van der Waals surface area (Å²) in [7, 11) is 0. The molecule has 0 aromatic heterocycles. The molecular weight excluding hydrogens is 810 g/mol. The van der Waals surface area contributed by atoms with Crippen molar-refractivity contribution >= 4 is 17.6 Å². The summed E-state index contributed by atoms with van der Waals surface area (Å²) >= 11 is 0. The molecule has 18 heteroatoms. The minimum Gasteiger partial charge on any atom is -0.488 e. The summed E-state index contributed by atoms with van der Waals surface area (Å²) in [4.78, 5) is 30.9. The van der Waals surface area contributed by atoms with E-state index in [1.807, 2.05) is 0 Å². The lowest BCUT2D eigenvalue weighted by atomic mass is 9.96. The van der Waals surface area contributed by atoms with Crippen LogP contribution in [0.1, 0.15) is 50.7 Å². The highest BCUT2D eigenvalue weighted by atomic mass is 19.4. The van der Waals surface area contributed by atoms with Crippen LogP contribution in [0, 0.1) is 0 Å². The fourth-order valence-corrected chi connectivity index (χ4v) is 5.75. The van der Waals surface area contributed by atoms with Gasteiger partial charge < -0.3 is 15.8 Å². The van der Waals surface area contributed by atoms with E-state index in [-0.39, 0.29) is 53.4 Å². The number of nitrogens with one attached hydrogen (secondary N) is 1. The zero-order chi connectivity index (χ0) is 43.5. The van der Waals surface area contributed by atoms with Gasteiger partial charge in [-0.1, -0.05) is 60.7 Å². The Bertz CT molecular complexity index is 2280. The fraction of sp³-hybridized carbons (Fsp3) is 0.195. The lowest BCUT2D eigenvalue weighted by Gasteiger charge is -2.19. The number of ether oxygens (including phenoxy) is 1. The second-order valence-electron chi connectivity index (χ2n) is 13.1. The molecule has 0 heterocycles. The van der Waals surface area contributed by atoms with Gasteiger partial charge in [-0.05, 0) is 88.8 Å². The number of amides is 2. The normalized spacial score (nSPS) is 13.2. The van der Waals surface area contributed by atoms with Crippen molar-refractivity contribution in [2.75, 3.05) is 0 Å². The van der Waals surface area contributed by atoms with Crippen molar-refractivity contribution in [1.29, 1.82) is 0 Å². The van der Waals surface area contributed by atoms with Crippen LogP contribution in [0.3, 0.4) is 0 Å². The second kappa shape index (κ2) is 16.9. The predicted molar refractivity (Wildman–Crippen MR) is 192 cm³/mol. The first-order valence-electron chi connectivity index (χ1n) is 17.0. The first-order chi connectivity index (χ1) is 27.4. The average molecular weight is 840 g/mol. The molecule has 1 unspecified atom stereocenters. The summed E-state index contributed by atoms with van der Waals surface area (Å²) in [6.07, 6.45) is -21.0. The third kappa shape index (κ3) is 11.4. The lowest BCUT2D eigenvalue weighted by Crippen LogP contribution is -2.42. The van der Waals surface area contributed by atoms with Gasteiger partial charge >= 0.3 is 24.7 Å². The molecule has 0 radical (unpaired) electrons. The maximum atomic E-state index is 14.0. The van der Waals surface area contributed by atoms with Gasteiger partial charge in [-0.2, -0.15) is 57.7 Å². The highest BCUT2D eigenvalue weighted by Gasteiger charge is 2.38. The summed E-state index contributed by atoms with van der Waals surface area (Å²) in [5.41, 5.74) is -1.61. The van der Waals surface area contributed by atoms with E-state index in [1.165, 1.54) is 31.2 Å². The van der Waals surface area contributed by atoms with Crippen molar-refractivity contribution in [3.8, 4) is 28.0 Å². The Labute approximate surface area is 327 Å². The van der Waals surface area contributed by atoms with Crippen LogP contribution in [-0.4, -0.2) is 23.7 Å². The maximum absolute atomic E-state index is 14.0. The molecule has 0 spiro atoms. The molecule has 3 N–H and O–H groups in total. The molecule has 0 aliphatic heterocycles. The molecule has 0 bridgehead atoms. The summed E-state index contributed by atoms with van der Waals surface area (Å²) in [6, 6.07) is 17.0. The van der Waals surface area contributed by atoms with Gasteiger partial charge in [0, 0.05) is 6.42 Å². The number of carbonyl (C=O) groups is 2. The minimum atomic E-state index is -5.18. The Morgan fingerprint density at radius 1 is 0.593 bits per heavy atom. The van der Waals surface area contributed by atoms with Crippen LogP contribution in [0.4, 0.5) is 52.7 Å². The van der Waals surface area contributed by atoms with E-state index >= 15 is 0 Å². The van der Waals surface area contributed by atoms with Gasteiger partial charge in [0.1, 0.15) is 18.4 Å². The molecular formula is C41H29F12N3O3. The Kier molecular flexibility index (Phi) is 12.5. The van der Waals surface area contributed by atoms with E-state index in [9.17, 15) is 62.3 Å². The standard InChI is InChI=1S/C41H29F12N3O3/c1-22(54)55-37(58)34(13-23-7-9-25(10-8-23)27-14-29(38(42,43)44)19-30(15-27)39(45,46)47)56-36(57)33-18-26(11-12-35(33)59-21-24-5-3-2-4-6-24)28-16-31(40(48,49)50)20-32(17-28)41(51,52)53/h2-12,14-20,34H,13,21H2,1H3,(H,56,57)(H2,54,55,58). The fourth-order valence-electron chi connectivity index (χ4n) is 5.75. The van der Waals surface area contributed by atoms with Crippen molar-refractivity contribution in [1.82, 2.24) is 5.32 Å². The molecule has 5 aromatic rings. The number of carbonyl (C=O) groups excluding carboxylic acids is 2. The third-order valence-electron chi connectivity index (χ3n) is 8.59. The number of aliphatic imine (C=N–C) groups is 1. The van der Waals surface area contributed by atoms with Gasteiger partial charge in [0.15, 0.2) is 0 Å².